The van der Waals surface area contributed by atoms with Crippen molar-refractivity contribution in [1.29, 1.82) is 0 Å². The van der Waals surface area contributed by atoms with Gasteiger partial charge in [0.05, 0.1) is 44.2 Å². The molecule has 10 heteroatoms. The SMILES string of the molecule is C[C@@H](O)CC(=O)OCCCCC(=O)[C@H](OC(=O)C[C@@H](C)O)C(C)(C)COC(=O)C[C@@H](C)O. The molecule has 0 saturated heterocycles. The zero-order valence-corrected chi connectivity index (χ0v) is 19.7. The van der Waals surface area contributed by atoms with Gasteiger partial charge in [0.25, 0.3) is 0 Å². The molecule has 0 aliphatic rings. The topological polar surface area (TPSA) is 157 Å². The maximum Gasteiger partial charge on any atom is 0.309 e. The highest BCUT2D eigenvalue weighted by Gasteiger charge is 2.39. The van der Waals surface area contributed by atoms with Gasteiger partial charge in [-0.25, -0.2) is 0 Å². The molecule has 0 saturated carbocycles. The van der Waals surface area contributed by atoms with Crippen LogP contribution in [0.15, 0.2) is 0 Å². The minimum Gasteiger partial charge on any atom is -0.466 e. The first-order valence-corrected chi connectivity index (χ1v) is 10.8. The first-order chi connectivity index (χ1) is 14.7. The van der Waals surface area contributed by atoms with Gasteiger partial charge in [0.1, 0.15) is 6.61 Å². The summed E-state index contributed by atoms with van der Waals surface area (Å²) in [4.78, 5) is 48.1. The second kappa shape index (κ2) is 14.9. The van der Waals surface area contributed by atoms with E-state index in [1.54, 1.807) is 13.8 Å². The lowest BCUT2D eigenvalue weighted by molar-refractivity contribution is -0.169. The highest BCUT2D eigenvalue weighted by atomic mass is 16.6. The number of hydrogen-bond acceptors (Lipinski definition) is 10. The van der Waals surface area contributed by atoms with E-state index in [0.717, 1.165) is 0 Å². The number of carbonyl (C=O) groups is 4. The molecule has 0 aromatic carbocycles. The minimum atomic E-state index is -1.22. The van der Waals surface area contributed by atoms with Crippen molar-refractivity contribution in [2.75, 3.05) is 13.2 Å². The van der Waals surface area contributed by atoms with Crippen LogP contribution in [-0.2, 0) is 33.4 Å². The van der Waals surface area contributed by atoms with E-state index in [9.17, 15) is 29.4 Å². The van der Waals surface area contributed by atoms with Gasteiger partial charge in [-0.1, -0.05) is 13.8 Å². The first kappa shape index (κ1) is 30.0. The Hall–Kier alpha value is -2.04. The number of aliphatic hydroxyl groups is 3. The van der Waals surface area contributed by atoms with Crippen molar-refractivity contribution in [3.05, 3.63) is 0 Å². The quantitative estimate of drug-likeness (QED) is 0.172. The number of ketones is 1. The summed E-state index contributed by atoms with van der Waals surface area (Å²) in [6.07, 6.45) is -3.63. The maximum atomic E-state index is 12.8. The smallest absolute Gasteiger partial charge is 0.309 e. The van der Waals surface area contributed by atoms with Crippen LogP contribution in [0.2, 0.25) is 0 Å². The van der Waals surface area contributed by atoms with Crippen LogP contribution in [0.1, 0.15) is 73.1 Å². The third-order valence-electron chi connectivity index (χ3n) is 4.32. The zero-order chi connectivity index (χ0) is 24.9. The van der Waals surface area contributed by atoms with E-state index in [2.05, 4.69) is 0 Å². The van der Waals surface area contributed by atoms with Gasteiger partial charge in [-0.15, -0.1) is 0 Å². The third-order valence-corrected chi connectivity index (χ3v) is 4.32. The van der Waals surface area contributed by atoms with Crippen LogP contribution in [-0.4, -0.2) is 76.6 Å². The van der Waals surface area contributed by atoms with Gasteiger partial charge in [0.15, 0.2) is 11.9 Å². The van der Waals surface area contributed by atoms with Gasteiger partial charge in [0.2, 0.25) is 0 Å². The fourth-order valence-corrected chi connectivity index (χ4v) is 2.74. The van der Waals surface area contributed by atoms with Crippen LogP contribution in [0.25, 0.3) is 0 Å². The number of aliphatic hydroxyl groups excluding tert-OH is 3. The molecule has 0 heterocycles. The fraction of sp³-hybridized carbons (Fsp3) is 0.818. The van der Waals surface area contributed by atoms with Crippen LogP contribution in [0, 0.1) is 5.41 Å². The number of hydrogen-bond donors (Lipinski definition) is 3. The summed E-state index contributed by atoms with van der Waals surface area (Å²) in [5.74, 6) is -2.32. The molecule has 32 heavy (non-hydrogen) atoms. The largest absolute Gasteiger partial charge is 0.466 e. The number of esters is 3. The molecule has 0 radical (unpaired) electrons. The molecule has 0 aliphatic carbocycles. The van der Waals surface area contributed by atoms with E-state index in [1.165, 1.54) is 20.8 Å². The lowest BCUT2D eigenvalue weighted by Crippen LogP contribution is -2.44. The molecule has 0 unspecified atom stereocenters. The molecule has 4 atom stereocenters. The molecule has 0 fully saturated rings. The Balaban J connectivity index is 4.92. The van der Waals surface area contributed by atoms with E-state index in [1.807, 2.05) is 0 Å². The van der Waals surface area contributed by atoms with Crippen LogP contribution >= 0.6 is 0 Å². The number of carbonyl (C=O) groups excluding carboxylic acids is 4. The summed E-state index contributed by atoms with van der Waals surface area (Å²) >= 11 is 0. The second-order valence-electron chi connectivity index (χ2n) is 8.82. The van der Waals surface area contributed by atoms with Crippen molar-refractivity contribution >= 4 is 23.7 Å². The van der Waals surface area contributed by atoms with E-state index < -0.39 is 53.5 Å². The van der Waals surface area contributed by atoms with Crippen molar-refractivity contribution in [3.8, 4) is 0 Å². The molecule has 0 aromatic rings. The highest BCUT2D eigenvalue weighted by Crippen LogP contribution is 2.27. The lowest BCUT2D eigenvalue weighted by atomic mass is 9.83. The molecule has 0 spiro atoms. The van der Waals surface area contributed by atoms with Crippen LogP contribution in [0.5, 0.6) is 0 Å². The standard InChI is InChI=1S/C22H38O10/c1-14(23)10-18(27)30-9-7-6-8-17(26)21(32-20(29)12-16(3)25)22(4,5)13-31-19(28)11-15(2)24/h14-16,21,23-25H,6-13H2,1-5H3/t14-,15-,16-,21+/m1/s1. The van der Waals surface area contributed by atoms with Gasteiger partial charge >= 0.3 is 17.9 Å². The Morgan fingerprint density at radius 2 is 1.22 bits per heavy atom. The zero-order valence-electron chi connectivity index (χ0n) is 19.7. The molecule has 0 aliphatic heterocycles. The molecule has 0 rings (SSSR count). The Labute approximate surface area is 189 Å². The number of Topliss-reactive ketones (excluding diaryl/α,β-unsaturated/α-hetero) is 1. The van der Waals surface area contributed by atoms with Crippen molar-refractivity contribution < 1.29 is 48.7 Å². The highest BCUT2D eigenvalue weighted by molar-refractivity contribution is 5.86. The minimum absolute atomic E-state index is 0.0334. The predicted octanol–water partition coefficient (Wildman–Crippen LogP) is 1.06. The van der Waals surface area contributed by atoms with E-state index in [0.29, 0.717) is 12.8 Å². The van der Waals surface area contributed by atoms with Crippen LogP contribution in [0.3, 0.4) is 0 Å². The van der Waals surface area contributed by atoms with Gasteiger partial charge < -0.3 is 29.5 Å². The molecular weight excluding hydrogens is 424 g/mol. The normalized spacial score (nSPS) is 15.2. The fourth-order valence-electron chi connectivity index (χ4n) is 2.74. The molecule has 0 amide bonds. The van der Waals surface area contributed by atoms with E-state index in [4.69, 9.17) is 19.3 Å². The summed E-state index contributed by atoms with van der Waals surface area (Å²) in [6, 6.07) is 0. The first-order valence-electron chi connectivity index (χ1n) is 10.8. The molecule has 186 valence electrons. The number of rotatable bonds is 16. The Kier molecular flexibility index (Phi) is 14.0. The molecule has 10 nitrogen and oxygen atoms in total. The van der Waals surface area contributed by atoms with Crippen molar-refractivity contribution in [3.63, 3.8) is 0 Å². The van der Waals surface area contributed by atoms with Crippen molar-refractivity contribution in [1.82, 2.24) is 0 Å². The van der Waals surface area contributed by atoms with Gasteiger partial charge in [-0.05, 0) is 33.6 Å². The van der Waals surface area contributed by atoms with Crippen LogP contribution < -0.4 is 0 Å². The number of unbranched alkanes of at least 4 members (excludes halogenated alkanes) is 1. The van der Waals surface area contributed by atoms with Crippen LogP contribution in [0.4, 0.5) is 0 Å². The van der Waals surface area contributed by atoms with E-state index in [-0.39, 0.29) is 38.9 Å². The van der Waals surface area contributed by atoms with Gasteiger partial charge in [-0.2, -0.15) is 0 Å². The maximum absolute atomic E-state index is 12.8. The Morgan fingerprint density at radius 1 is 0.750 bits per heavy atom. The summed E-state index contributed by atoms with van der Waals surface area (Å²) in [5.41, 5.74) is -1.05. The monoisotopic (exact) mass is 462 g/mol. The average Bonchev–Trinajstić information content (AvgIpc) is 2.62. The van der Waals surface area contributed by atoms with Crippen molar-refractivity contribution in [2.24, 2.45) is 5.41 Å². The van der Waals surface area contributed by atoms with Gasteiger partial charge in [-0.3, -0.25) is 19.2 Å². The number of ether oxygens (including phenoxy) is 3. The molecule has 0 aromatic heterocycles. The molecular formula is C22H38O10. The summed E-state index contributed by atoms with van der Waals surface area (Å²) in [5, 5.41) is 27.8. The molecule has 3 N–H and O–H groups in total. The Morgan fingerprint density at radius 3 is 1.72 bits per heavy atom. The summed E-state index contributed by atoms with van der Waals surface area (Å²) in [6.45, 7) is 7.43. The van der Waals surface area contributed by atoms with Crippen molar-refractivity contribution in [2.45, 2.75) is 97.6 Å². The molecule has 0 bridgehead atoms. The average molecular weight is 463 g/mol. The summed E-state index contributed by atoms with van der Waals surface area (Å²) in [7, 11) is 0. The second-order valence-corrected chi connectivity index (χ2v) is 8.82. The lowest BCUT2D eigenvalue weighted by Gasteiger charge is -2.32. The Bertz CT molecular complexity index is 610. The van der Waals surface area contributed by atoms with E-state index >= 15 is 0 Å². The predicted molar refractivity (Wildman–Crippen MR) is 113 cm³/mol. The summed E-state index contributed by atoms with van der Waals surface area (Å²) < 4.78 is 15.4. The van der Waals surface area contributed by atoms with Gasteiger partial charge in [0, 0.05) is 11.8 Å². The third kappa shape index (κ3) is 14.1.